The molecule has 1 N–H and O–H groups in total. The molecule has 1 saturated heterocycles. The summed E-state index contributed by atoms with van der Waals surface area (Å²) in [7, 11) is 0. The Morgan fingerprint density at radius 2 is 2.00 bits per heavy atom. The van der Waals surface area contributed by atoms with Crippen molar-refractivity contribution in [2.45, 2.75) is 33.1 Å². The van der Waals surface area contributed by atoms with Crippen LogP contribution in [-0.4, -0.2) is 38.1 Å². The third-order valence-corrected chi connectivity index (χ3v) is 3.76. The molecule has 0 bridgehead atoms. The van der Waals surface area contributed by atoms with Crippen molar-refractivity contribution >= 4 is 17.6 Å². The highest BCUT2D eigenvalue weighted by atomic mass is 16.5. The Morgan fingerprint density at radius 1 is 1.27 bits per heavy atom. The van der Waals surface area contributed by atoms with Gasteiger partial charge in [-0.25, -0.2) is 0 Å². The summed E-state index contributed by atoms with van der Waals surface area (Å²) < 4.78 is 4.86. The highest BCUT2D eigenvalue weighted by Gasteiger charge is 2.19. The molecular formula is C17H24N2O3. The van der Waals surface area contributed by atoms with E-state index in [0.717, 1.165) is 37.2 Å². The van der Waals surface area contributed by atoms with Gasteiger partial charge in [-0.05, 0) is 38.8 Å². The van der Waals surface area contributed by atoms with E-state index >= 15 is 0 Å². The van der Waals surface area contributed by atoms with Crippen LogP contribution in [0, 0.1) is 6.92 Å². The number of rotatable bonds is 6. The Labute approximate surface area is 131 Å². The molecule has 1 amide bonds. The summed E-state index contributed by atoms with van der Waals surface area (Å²) in [5.74, 6) is -0.415. The van der Waals surface area contributed by atoms with Crippen LogP contribution in [0.4, 0.5) is 5.69 Å². The number of nitrogens with zero attached hydrogens (tertiary/aromatic N) is 1. The molecular weight excluding hydrogens is 280 g/mol. The highest BCUT2D eigenvalue weighted by Crippen LogP contribution is 2.25. The molecule has 0 atom stereocenters. The standard InChI is InChI=1S/C17H24N2O3/c1-3-22-16(20)8-9-18-17(21)14-12-13(2)6-7-15(14)19-10-4-5-11-19/h6-7,12H,3-5,8-11H2,1-2H3,(H,18,21). The molecule has 0 unspecified atom stereocenters. The van der Waals surface area contributed by atoms with Crippen LogP contribution in [0.2, 0.25) is 0 Å². The fourth-order valence-electron chi connectivity index (χ4n) is 2.67. The minimum Gasteiger partial charge on any atom is -0.466 e. The Kier molecular flexibility index (Phi) is 5.81. The number of amides is 1. The topological polar surface area (TPSA) is 58.6 Å². The molecule has 22 heavy (non-hydrogen) atoms. The highest BCUT2D eigenvalue weighted by molar-refractivity contribution is 6.00. The van der Waals surface area contributed by atoms with E-state index < -0.39 is 0 Å². The van der Waals surface area contributed by atoms with E-state index in [2.05, 4.69) is 10.2 Å². The van der Waals surface area contributed by atoms with Gasteiger partial charge < -0.3 is 15.0 Å². The summed E-state index contributed by atoms with van der Waals surface area (Å²) in [4.78, 5) is 26.0. The maximum absolute atomic E-state index is 12.4. The molecule has 0 aliphatic carbocycles. The Bertz CT molecular complexity index is 537. The van der Waals surface area contributed by atoms with E-state index in [1.165, 1.54) is 0 Å². The predicted molar refractivity (Wildman–Crippen MR) is 86.2 cm³/mol. The summed E-state index contributed by atoms with van der Waals surface area (Å²) in [5, 5.41) is 2.81. The first kappa shape index (κ1) is 16.3. The van der Waals surface area contributed by atoms with Crippen LogP contribution in [0.15, 0.2) is 18.2 Å². The zero-order chi connectivity index (χ0) is 15.9. The van der Waals surface area contributed by atoms with E-state index in [1.807, 2.05) is 25.1 Å². The molecule has 1 aromatic carbocycles. The van der Waals surface area contributed by atoms with Crippen molar-refractivity contribution in [2.75, 3.05) is 31.1 Å². The second-order valence-corrected chi connectivity index (χ2v) is 5.53. The van der Waals surface area contributed by atoms with Crippen molar-refractivity contribution in [3.8, 4) is 0 Å². The minimum atomic E-state index is -0.285. The van der Waals surface area contributed by atoms with E-state index in [1.54, 1.807) is 6.92 Å². The maximum atomic E-state index is 12.4. The minimum absolute atomic E-state index is 0.130. The molecule has 2 rings (SSSR count). The first-order valence-corrected chi connectivity index (χ1v) is 7.91. The number of esters is 1. The van der Waals surface area contributed by atoms with Gasteiger partial charge in [0.25, 0.3) is 5.91 Å². The molecule has 0 spiro atoms. The first-order chi connectivity index (χ1) is 10.6. The van der Waals surface area contributed by atoms with Crippen LogP contribution >= 0.6 is 0 Å². The van der Waals surface area contributed by atoms with Gasteiger partial charge in [0.05, 0.1) is 18.6 Å². The Balaban J connectivity index is 2.01. The third kappa shape index (κ3) is 4.23. The smallest absolute Gasteiger partial charge is 0.307 e. The van der Waals surface area contributed by atoms with Crippen LogP contribution in [0.5, 0.6) is 0 Å². The van der Waals surface area contributed by atoms with Gasteiger partial charge in [-0.2, -0.15) is 0 Å². The van der Waals surface area contributed by atoms with Gasteiger partial charge in [0.15, 0.2) is 0 Å². The second kappa shape index (κ2) is 7.82. The number of hydrogen-bond acceptors (Lipinski definition) is 4. The average Bonchev–Trinajstić information content (AvgIpc) is 3.01. The molecule has 0 radical (unpaired) electrons. The van der Waals surface area contributed by atoms with E-state index in [0.29, 0.717) is 18.7 Å². The number of carbonyl (C=O) groups excluding carboxylic acids is 2. The van der Waals surface area contributed by atoms with Crippen molar-refractivity contribution < 1.29 is 14.3 Å². The summed E-state index contributed by atoms with van der Waals surface area (Å²) >= 11 is 0. The zero-order valence-electron chi connectivity index (χ0n) is 13.4. The lowest BCUT2D eigenvalue weighted by Gasteiger charge is -2.21. The summed E-state index contributed by atoms with van der Waals surface area (Å²) in [5.41, 5.74) is 2.72. The van der Waals surface area contributed by atoms with Gasteiger partial charge in [0, 0.05) is 25.3 Å². The fraction of sp³-hybridized carbons (Fsp3) is 0.529. The largest absolute Gasteiger partial charge is 0.466 e. The van der Waals surface area contributed by atoms with Crippen LogP contribution in [0.25, 0.3) is 0 Å². The molecule has 120 valence electrons. The summed E-state index contributed by atoms with van der Waals surface area (Å²) in [6, 6.07) is 5.96. The van der Waals surface area contributed by atoms with E-state index in [9.17, 15) is 9.59 Å². The van der Waals surface area contributed by atoms with Crippen LogP contribution in [0.3, 0.4) is 0 Å². The number of carbonyl (C=O) groups is 2. The van der Waals surface area contributed by atoms with Crippen LogP contribution in [-0.2, 0) is 9.53 Å². The molecule has 5 nitrogen and oxygen atoms in total. The number of nitrogens with one attached hydrogen (secondary N) is 1. The second-order valence-electron chi connectivity index (χ2n) is 5.53. The number of aryl methyl sites for hydroxylation is 1. The van der Waals surface area contributed by atoms with Gasteiger partial charge in [-0.3, -0.25) is 9.59 Å². The molecule has 1 heterocycles. The zero-order valence-corrected chi connectivity index (χ0v) is 13.4. The predicted octanol–water partition coefficient (Wildman–Crippen LogP) is 2.28. The van der Waals surface area contributed by atoms with Crippen molar-refractivity contribution in [3.05, 3.63) is 29.3 Å². The van der Waals surface area contributed by atoms with Gasteiger partial charge >= 0.3 is 5.97 Å². The first-order valence-electron chi connectivity index (χ1n) is 7.91. The molecule has 1 aromatic rings. The number of hydrogen-bond donors (Lipinski definition) is 1. The van der Waals surface area contributed by atoms with Gasteiger partial charge in [-0.15, -0.1) is 0 Å². The lowest BCUT2D eigenvalue weighted by atomic mass is 10.1. The summed E-state index contributed by atoms with van der Waals surface area (Å²) in [6.45, 7) is 6.39. The molecule has 0 saturated carbocycles. The number of ether oxygens (including phenoxy) is 1. The molecule has 1 aliphatic rings. The summed E-state index contributed by atoms with van der Waals surface area (Å²) in [6.07, 6.45) is 2.53. The number of anilines is 1. The van der Waals surface area contributed by atoms with Gasteiger partial charge in [0.2, 0.25) is 0 Å². The van der Waals surface area contributed by atoms with Crippen molar-refractivity contribution in [3.63, 3.8) is 0 Å². The molecule has 1 fully saturated rings. The van der Waals surface area contributed by atoms with Crippen LogP contribution in [0.1, 0.15) is 42.1 Å². The molecule has 1 aliphatic heterocycles. The Morgan fingerprint density at radius 3 is 2.68 bits per heavy atom. The lowest BCUT2D eigenvalue weighted by Crippen LogP contribution is -2.29. The fourth-order valence-corrected chi connectivity index (χ4v) is 2.67. The monoisotopic (exact) mass is 304 g/mol. The van der Waals surface area contributed by atoms with Crippen molar-refractivity contribution in [2.24, 2.45) is 0 Å². The van der Waals surface area contributed by atoms with E-state index in [-0.39, 0.29) is 18.3 Å². The quantitative estimate of drug-likeness (QED) is 0.819. The van der Waals surface area contributed by atoms with Gasteiger partial charge in [0.1, 0.15) is 0 Å². The normalized spacial score (nSPS) is 14.0. The van der Waals surface area contributed by atoms with Crippen molar-refractivity contribution in [1.29, 1.82) is 0 Å². The number of benzene rings is 1. The molecule has 0 aromatic heterocycles. The van der Waals surface area contributed by atoms with Gasteiger partial charge in [-0.1, -0.05) is 11.6 Å². The average molecular weight is 304 g/mol. The third-order valence-electron chi connectivity index (χ3n) is 3.76. The van der Waals surface area contributed by atoms with E-state index in [4.69, 9.17) is 4.74 Å². The Hall–Kier alpha value is -2.04. The SMILES string of the molecule is CCOC(=O)CCNC(=O)c1cc(C)ccc1N1CCCC1. The maximum Gasteiger partial charge on any atom is 0.307 e. The van der Waals surface area contributed by atoms with Crippen molar-refractivity contribution in [1.82, 2.24) is 5.32 Å². The lowest BCUT2D eigenvalue weighted by molar-refractivity contribution is -0.142. The van der Waals surface area contributed by atoms with Crippen LogP contribution < -0.4 is 10.2 Å². The molecule has 5 heteroatoms.